The predicted molar refractivity (Wildman–Crippen MR) is 228 cm³/mol. The average molecular weight is 1110 g/mol. The van der Waals surface area contributed by atoms with E-state index in [1.54, 1.807) is 13.8 Å². The Hall–Kier alpha value is -2.08. The number of alkyl halides is 9. The first-order chi connectivity index (χ1) is 28.1. The van der Waals surface area contributed by atoms with Crippen molar-refractivity contribution < 1.29 is 83.2 Å². The molecule has 0 amide bonds. The monoisotopic (exact) mass is 1110 g/mol. The maximum Gasteiger partial charge on any atom is 0.454 e. The largest absolute Gasteiger partial charge is 0.454 e. The molecule has 29 heteroatoms. The molecule has 63 heavy (non-hydrogen) atoms. The van der Waals surface area contributed by atoms with E-state index in [2.05, 4.69) is 0 Å². The Morgan fingerprint density at radius 3 is 0.968 bits per heavy atom. The van der Waals surface area contributed by atoms with E-state index in [9.17, 15) is 74.1 Å². The zero-order valence-electron chi connectivity index (χ0n) is 32.4. The van der Waals surface area contributed by atoms with Crippen LogP contribution in [0, 0.1) is 0 Å². The van der Waals surface area contributed by atoms with Gasteiger partial charge in [0.2, 0.25) is 0 Å². The Bertz CT molecular complexity index is 2360. The van der Waals surface area contributed by atoms with Crippen molar-refractivity contribution in [3.05, 3.63) is 112 Å². The number of hydrogen-bond donors (Lipinski definition) is 0. The smallest absolute Gasteiger partial charge is 0.308 e. The quantitative estimate of drug-likeness (QED) is 0.103. The molecule has 3 aromatic carbocycles. The lowest BCUT2D eigenvalue weighted by Gasteiger charge is -2.15. The second-order valence-corrected chi connectivity index (χ2v) is 23.1. The van der Waals surface area contributed by atoms with Crippen LogP contribution in [-0.4, -0.2) is 87.0 Å². The molecule has 0 heterocycles. The molecule has 3 aromatic rings. The predicted octanol–water partition coefficient (Wildman–Crippen LogP) is 12.9. The van der Waals surface area contributed by atoms with E-state index in [-0.39, 0.29) is 54.2 Å². The lowest BCUT2D eigenvalue weighted by atomic mass is 10.1. The molecule has 0 fully saturated rings. The van der Waals surface area contributed by atoms with Crippen LogP contribution in [0.25, 0.3) is 11.1 Å². The topological polar surface area (TPSA) is 155 Å². The van der Waals surface area contributed by atoms with Gasteiger partial charge in [-0.05, 0) is 79.6 Å². The van der Waals surface area contributed by atoms with E-state index < -0.39 is 94.8 Å². The normalized spacial score (nSPS) is 13.1. The van der Waals surface area contributed by atoms with E-state index >= 15 is 0 Å². The Labute approximate surface area is 386 Å². The molecule has 0 spiro atoms. The highest BCUT2D eigenvalue weighted by Crippen LogP contribution is 2.49. The van der Waals surface area contributed by atoms with Crippen LogP contribution in [0.15, 0.2) is 65.4 Å². The lowest BCUT2D eigenvalue weighted by Crippen LogP contribution is -2.22. The molecular formula is C34H32Cl6F9O10PS3. The summed E-state index contributed by atoms with van der Waals surface area (Å²) in [5.41, 5.74) is -4.53. The van der Waals surface area contributed by atoms with E-state index in [1.807, 2.05) is 0 Å². The maximum absolute atomic E-state index is 12.8. The summed E-state index contributed by atoms with van der Waals surface area (Å²) in [6.45, 7) is 3.61. The number of ketones is 1. The van der Waals surface area contributed by atoms with Crippen LogP contribution in [0.4, 0.5) is 39.5 Å². The SMILES string of the molecule is CCOP(=O)(CS(C)(=O)=O)OCC.CS(=O)(=O)/C=C(/c1cc(Cl)cc(Cl)c1)C(F)(F)F.CS(=O)(=O)/C=C(\c1cc(Cl)cc(Cl)c1)C(F)(F)F.O=C(c1cc(Cl)cc(Cl)c1)C(F)(F)F. The first-order valence-corrected chi connectivity index (χ1v) is 26.1. The van der Waals surface area contributed by atoms with Crippen LogP contribution in [0.1, 0.15) is 35.3 Å². The van der Waals surface area contributed by atoms with Crippen molar-refractivity contribution in [1.82, 2.24) is 0 Å². The Morgan fingerprint density at radius 1 is 0.524 bits per heavy atom. The molecule has 0 aromatic heterocycles. The molecule has 0 N–H and O–H groups in total. The number of Topliss-reactive ketones (excluding diaryl/α,β-unsaturated/α-hetero) is 1. The van der Waals surface area contributed by atoms with Crippen LogP contribution in [0.5, 0.6) is 0 Å². The number of carbonyl (C=O) groups is 1. The van der Waals surface area contributed by atoms with E-state index in [1.165, 1.54) is 18.2 Å². The standard InChI is InChI=1S/2C10H7Cl2F3O2S.C8H3Cl2F3O.C6H15O5PS/c2*1-18(16,17)5-9(10(13,14)15)6-2-7(11)4-8(12)3-6;9-5-1-4(2-6(10)3-5)7(14)8(11,12)13;1-4-10-12(7,11-5-2)6-13(3,8)9/h2*2-5H,1H3;1-3H;4-6H2,1-3H3/b9-5+;9-5-;;. The summed E-state index contributed by atoms with van der Waals surface area (Å²) in [6.07, 6.45) is -12.2. The summed E-state index contributed by atoms with van der Waals surface area (Å²) in [6, 6.07) is 9.58. The van der Waals surface area contributed by atoms with Crippen molar-refractivity contribution in [2.75, 3.05) is 37.5 Å². The Morgan fingerprint density at radius 2 is 0.778 bits per heavy atom. The molecule has 0 saturated carbocycles. The fourth-order valence-corrected chi connectivity index (χ4v) is 10.8. The number of sulfone groups is 3. The van der Waals surface area contributed by atoms with Crippen LogP contribution < -0.4 is 0 Å². The second-order valence-electron chi connectivity index (χ2n) is 12.0. The molecule has 0 unspecified atom stereocenters. The van der Waals surface area contributed by atoms with Crippen LogP contribution >= 0.6 is 77.2 Å². The highest BCUT2D eigenvalue weighted by Gasteiger charge is 2.40. The van der Waals surface area contributed by atoms with Crippen molar-refractivity contribution >= 4 is 124 Å². The number of allylic oxidation sites excluding steroid dienone is 2. The van der Waals surface area contributed by atoms with E-state index in [0.717, 1.165) is 42.7 Å². The fraction of sp³-hybridized carbons (Fsp3) is 0.324. The van der Waals surface area contributed by atoms with Gasteiger partial charge < -0.3 is 9.05 Å². The van der Waals surface area contributed by atoms with Crippen LogP contribution in [0.3, 0.4) is 0 Å². The summed E-state index contributed by atoms with van der Waals surface area (Å²) in [5, 5.41) is 0.226. The van der Waals surface area contributed by atoms with E-state index in [4.69, 9.17) is 78.7 Å². The van der Waals surface area contributed by atoms with Crippen molar-refractivity contribution in [2.45, 2.75) is 32.4 Å². The Balaban J connectivity index is 0.000000822. The summed E-state index contributed by atoms with van der Waals surface area (Å²) < 4.78 is 199. The molecule has 0 radical (unpaired) electrons. The third-order valence-corrected chi connectivity index (χ3v) is 13.1. The third kappa shape index (κ3) is 26.0. The lowest BCUT2D eigenvalue weighted by molar-refractivity contribution is -0.0885. The molecule has 0 aliphatic heterocycles. The molecule has 0 atom stereocenters. The number of carbonyl (C=O) groups excluding carboxylic acids is 1. The Kier molecular flexibility index (Phi) is 23.8. The molecular weight excluding hydrogens is 1080 g/mol. The van der Waals surface area contributed by atoms with Gasteiger partial charge in [-0.15, -0.1) is 0 Å². The zero-order chi connectivity index (χ0) is 49.7. The first-order valence-electron chi connectivity index (χ1n) is 16.2. The summed E-state index contributed by atoms with van der Waals surface area (Å²) in [5.74, 6) is -1.96. The van der Waals surface area contributed by atoms with Gasteiger partial charge in [0.05, 0.1) is 24.4 Å². The average Bonchev–Trinajstić information content (AvgIpc) is 3.02. The summed E-state index contributed by atoms with van der Waals surface area (Å²) >= 11 is 33.2. The second kappa shape index (κ2) is 24.6. The zero-order valence-corrected chi connectivity index (χ0v) is 40.3. The van der Waals surface area contributed by atoms with Gasteiger partial charge in [-0.25, -0.2) is 25.3 Å². The van der Waals surface area contributed by atoms with Gasteiger partial charge in [0, 0.05) is 65.3 Å². The van der Waals surface area contributed by atoms with Gasteiger partial charge in [-0.3, -0.25) is 9.36 Å². The van der Waals surface area contributed by atoms with E-state index in [0.29, 0.717) is 12.5 Å². The molecule has 3 rings (SSSR count). The van der Waals surface area contributed by atoms with Gasteiger partial charge in [0.15, 0.2) is 35.0 Å². The minimum absolute atomic E-state index is 0.00917. The van der Waals surface area contributed by atoms with Crippen molar-refractivity contribution in [3.8, 4) is 0 Å². The van der Waals surface area contributed by atoms with Crippen molar-refractivity contribution in [1.29, 1.82) is 0 Å². The fourth-order valence-electron chi connectivity index (χ4n) is 4.08. The van der Waals surface area contributed by atoms with Crippen molar-refractivity contribution in [3.63, 3.8) is 0 Å². The number of halogens is 15. The highest BCUT2D eigenvalue weighted by atomic mass is 35.5. The van der Waals surface area contributed by atoms with Crippen LogP contribution in [0.2, 0.25) is 30.1 Å². The van der Waals surface area contributed by atoms with Gasteiger partial charge >= 0.3 is 26.1 Å². The molecule has 0 bridgehead atoms. The third-order valence-electron chi connectivity index (χ3n) is 6.05. The molecule has 0 aliphatic rings. The van der Waals surface area contributed by atoms with Gasteiger partial charge in [0.25, 0.3) is 5.78 Å². The highest BCUT2D eigenvalue weighted by molar-refractivity contribution is 7.97. The number of hydrogen-bond acceptors (Lipinski definition) is 10. The first kappa shape index (κ1) is 60.9. The van der Waals surface area contributed by atoms with Gasteiger partial charge in [-0.1, -0.05) is 69.6 Å². The van der Waals surface area contributed by atoms with Gasteiger partial charge in [-0.2, -0.15) is 39.5 Å². The van der Waals surface area contributed by atoms with Gasteiger partial charge in [0.1, 0.15) is 0 Å². The van der Waals surface area contributed by atoms with Crippen molar-refractivity contribution in [2.24, 2.45) is 0 Å². The number of benzene rings is 3. The molecule has 356 valence electrons. The molecule has 0 saturated heterocycles. The minimum atomic E-state index is -4.91. The summed E-state index contributed by atoms with van der Waals surface area (Å²) in [4.78, 5) is 10.7. The maximum atomic E-state index is 12.8. The van der Waals surface area contributed by atoms with Crippen LogP contribution in [-0.2, 0) is 43.1 Å². The minimum Gasteiger partial charge on any atom is -0.308 e. The summed E-state index contributed by atoms with van der Waals surface area (Å²) in [7, 11) is -14.7. The molecule has 10 nitrogen and oxygen atoms in total. The number of rotatable bonds is 11. The molecule has 0 aliphatic carbocycles.